The number of halogens is 1. The summed E-state index contributed by atoms with van der Waals surface area (Å²) < 4.78 is 1.92. The number of nitrogens with zero attached hydrogens (tertiary/aromatic N) is 3. The van der Waals surface area contributed by atoms with Gasteiger partial charge in [0.15, 0.2) is 5.96 Å². The second-order valence-corrected chi connectivity index (χ2v) is 5.94. The molecule has 0 spiro atoms. The van der Waals surface area contributed by atoms with Gasteiger partial charge >= 0.3 is 0 Å². The molecule has 27 heavy (non-hydrogen) atoms. The normalized spacial score (nSPS) is 10.8. The van der Waals surface area contributed by atoms with Gasteiger partial charge in [0, 0.05) is 51.2 Å². The van der Waals surface area contributed by atoms with Crippen LogP contribution in [0.25, 0.3) is 0 Å². The molecule has 0 aliphatic rings. The number of aromatic nitrogens is 2. The molecule has 0 radical (unpaired) electrons. The molecule has 2 rings (SSSR count). The van der Waals surface area contributed by atoms with Crippen LogP contribution in [0.2, 0.25) is 0 Å². The first kappa shape index (κ1) is 22.9. The average molecular weight is 484 g/mol. The fourth-order valence-electron chi connectivity index (χ4n) is 2.48. The number of carbonyl (C=O) groups excluding carboxylic acids is 1. The van der Waals surface area contributed by atoms with Crippen molar-refractivity contribution in [2.75, 3.05) is 25.0 Å². The first-order valence-electron chi connectivity index (χ1n) is 9.03. The van der Waals surface area contributed by atoms with E-state index >= 15 is 0 Å². The molecule has 3 N–H and O–H groups in total. The van der Waals surface area contributed by atoms with Crippen LogP contribution in [-0.4, -0.2) is 41.3 Å². The maximum absolute atomic E-state index is 11.0. The van der Waals surface area contributed by atoms with Crippen LogP contribution in [0.5, 0.6) is 0 Å². The summed E-state index contributed by atoms with van der Waals surface area (Å²) >= 11 is 0. The van der Waals surface area contributed by atoms with Crippen molar-refractivity contribution >= 4 is 41.5 Å². The van der Waals surface area contributed by atoms with E-state index in [0.717, 1.165) is 50.7 Å². The highest BCUT2D eigenvalue weighted by atomic mass is 127. The maximum Gasteiger partial charge on any atom is 0.221 e. The van der Waals surface area contributed by atoms with Gasteiger partial charge in [-0.25, -0.2) is 0 Å². The molecule has 0 saturated heterocycles. The van der Waals surface area contributed by atoms with E-state index in [1.165, 1.54) is 12.5 Å². The number of amides is 1. The number of hydrogen-bond donors (Lipinski definition) is 3. The minimum Gasteiger partial charge on any atom is -0.357 e. The Hall–Kier alpha value is -2.10. The molecule has 0 unspecified atom stereocenters. The highest BCUT2D eigenvalue weighted by Gasteiger charge is 2.00. The predicted octanol–water partition coefficient (Wildman–Crippen LogP) is 2.65. The molecular formula is C19H29IN6O. The molecule has 1 amide bonds. The summed E-state index contributed by atoms with van der Waals surface area (Å²) in [6, 6.07) is 9.83. The maximum atomic E-state index is 11.0. The summed E-state index contributed by atoms with van der Waals surface area (Å²) in [5.41, 5.74) is 2.03. The Labute approximate surface area is 178 Å². The van der Waals surface area contributed by atoms with Crippen molar-refractivity contribution in [3.63, 3.8) is 0 Å². The Morgan fingerprint density at radius 1 is 1.22 bits per heavy atom. The molecule has 0 atom stereocenters. The van der Waals surface area contributed by atoms with Crippen LogP contribution in [-0.2, 0) is 17.8 Å². The van der Waals surface area contributed by atoms with Crippen LogP contribution in [0.4, 0.5) is 5.69 Å². The summed E-state index contributed by atoms with van der Waals surface area (Å²) in [7, 11) is 0. The highest BCUT2D eigenvalue weighted by Crippen LogP contribution is 2.09. The van der Waals surface area contributed by atoms with Crippen LogP contribution >= 0.6 is 24.0 Å². The number of carbonyl (C=O) groups is 1. The zero-order valence-corrected chi connectivity index (χ0v) is 18.3. The number of anilines is 1. The SMILES string of the molecule is CCNC(=NCCCn1cccn1)NCCc1ccc(NC(C)=O)cc1.I. The van der Waals surface area contributed by atoms with Crippen LogP contribution in [0.1, 0.15) is 25.8 Å². The topological polar surface area (TPSA) is 83.3 Å². The summed E-state index contributed by atoms with van der Waals surface area (Å²) in [4.78, 5) is 15.6. The van der Waals surface area contributed by atoms with E-state index in [1.54, 1.807) is 6.20 Å². The summed E-state index contributed by atoms with van der Waals surface area (Å²) in [5.74, 6) is 0.779. The molecule has 1 heterocycles. The molecule has 7 nitrogen and oxygen atoms in total. The summed E-state index contributed by atoms with van der Waals surface area (Å²) in [6.07, 6.45) is 5.59. The Kier molecular flexibility index (Phi) is 11.2. The lowest BCUT2D eigenvalue weighted by molar-refractivity contribution is -0.114. The van der Waals surface area contributed by atoms with Gasteiger partial charge in [-0.3, -0.25) is 14.5 Å². The Balaban J connectivity index is 0.00000364. The number of aliphatic imine (C=N–C) groups is 1. The molecule has 0 aliphatic heterocycles. The zero-order chi connectivity index (χ0) is 18.6. The second-order valence-electron chi connectivity index (χ2n) is 5.94. The lowest BCUT2D eigenvalue weighted by atomic mass is 10.1. The Morgan fingerprint density at radius 2 is 2.00 bits per heavy atom. The molecule has 148 valence electrons. The molecule has 1 aromatic carbocycles. The van der Waals surface area contributed by atoms with Crippen LogP contribution < -0.4 is 16.0 Å². The number of guanidine groups is 1. The van der Waals surface area contributed by atoms with Gasteiger partial charge < -0.3 is 16.0 Å². The van der Waals surface area contributed by atoms with Crippen molar-refractivity contribution in [3.05, 3.63) is 48.3 Å². The van der Waals surface area contributed by atoms with Crippen molar-refractivity contribution in [3.8, 4) is 0 Å². The third kappa shape index (κ3) is 9.41. The van der Waals surface area contributed by atoms with E-state index in [1.807, 2.05) is 41.2 Å². The van der Waals surface area contributed by atoms with Crippen LogP contribution in [0.15, 0.2) is 47.7 Å². The van der Waals surface area contributed by atoms with Crippen molar-refractivity contribution < 1.29 is 4.79 Å². The quantitative estimate of drug-likeness (QED) is 0.221. The predicted molar refractivity (Wildman–Crippen MR) is 121 cm³/mol. The largest absolute Gasteiger partial charge is 0.357 e. The van der Waals surface area contributed by atoms with E-state index in [4.69, 9.17) is 0 Å². The summed E-state index contributed by atoms with van der Waals surface area (Å²) in [6.45, 7) is 6.81. The van der Waals surface area contributed by atoms with Gasteiger partial charge in [-0.2, -0.15) is 5.10 Å². The third-order valence-electron chi connectivity index (χ3n) is 3.70. The molecule has 1 aromatic heterocycles. The van der Waals surface area contributed by atoms with Gasteiger partial charge in [0.2, 0.25) is 5.91 Å². The Bertz CT molecular complexity index is 685. The van der Waals surface area contributed by atoms with Gasteiger partial charge in [-0.1, -0.05) is 12.1 Å². The lowest BCUT2D eigenvalue weighted by Crippen LogP contribution is -2.38. The van der Waals surface area contributed by atoms with E-state index in [0.29, 0.717) is 0 Å². The number of rotatable bonds is 9. The summed E-state index contributed by atoms with van der Waals surface area (Å²) in [5, 5.41) is 13.6. The Morgan fingerprint density at radius 3 is 2.63 bits per heavy atom. The fraction of sp³-hybridized carbons (Fsp3) is 0.421. The third-order valence-corrected chi connectivity index (χ3v) is 3.70. The minimum absolute atomic E-state index is 0. The molecule has 0 aliphatic carbocycles. The van der Waals surface area contributed by atoms with Gasteiger partial charge in [0.1, 0.15) is 0 Å². The van der Waals surface area contributed by atoms with Crippen molar-refractivity contribution in [2.45, 2.75) is 33.2 Å². The first-order chi connectivity index (χ1) is 12.7. The van der Waals surface area contributed by atoms with E-state index in [-0.39, 0.29) is 29.9 Å². The van der Waals surface area contributed by atoms with Gasteiger partial charge in [0.25, 0.3) is 0 Å². The van der Waals surface area contributed by atoms with Gasteiger partial charge in [-0.15, -0.1) is 24.0 Å². The molecule has 2 aromatic rings. The molecule has 0 saturated carbocycles. The van der Waals surface area contributed by atoms with Crippen molar-refractivity contribution in [1.29, 1.82) is 0 Å². The van der Waals surface area contributed by atoms with Crippen LogP contribution in [0, 0.1) is 0 Å². The van der Waals surface area contributed by atoms with Gasteiger partial charge in [0.05, 0.1) is 0 Å². The standard InChI is InChI=1S/C19H28N6O.HI/c1-3-20-19(21-11-4-14-25-15-5-12-23-25)22-13-10-17-6-8-18(9-7-17)24-16(2)26;/h5-9,12,15H,3-4,10-11,13-14H2,1-2H3,(H,24,26)(H2,20,21,22);1H. The molecule has 0 fully saturated rings. The minimum atomic E-state index is -0.0570. The second kappa shape index (κ2) is 13.1. The lowest BCUT2D eigenvalue weighted by Gasteiger charge is -2.11. The number of benzene rings is 1. The zero-order valence-electron chi connectivity index (χ0n) is 15.9. The molecule has 0 bridgehead atoms. The van der Waals surface area contributed by atoms with E-state index < -0.39 is 0 Å². The van der Waals surface area contributed by atoms with Crippen molar-refractivity contribution in [2.24, 2.45) is 4.99 Å². The van der Waals surface area contributed by atoms with Crippen molar-refractivity contribution in [1.82, 2.24) is 20.4 Å². The molecule has 8 heteroatoms. The van der Waals surface area contributed by atoms with E-state index in [2.05, 4.69) is 33.0 Å². The van der Waals surface area contributed by atoms with E-state index in [9.17, 15) is 4.79 Å². The number of hydrogen-bond acceptors (Lipinski definition) is 3. The average Bonchev–Trinajstić information content (AvgIpc) is 3.13. The fourth-order valence-corrected chi connectivity index (χ4v) is 2.48. The number of nitrogens with one attached hydrogen (secondary N) is 3. The van der Waals surface area contributed by atoms with Gasteiger partial charge in [-0.05, 0) is 43.5 Å². The highest BCUT2D eigenvalue weighted by molar-refractivity contribution is 14.0. The molecular weight excluding hydrogens is 455 g/mol. The van der Waals surface area contributed by atoms with Crippen LogP contribution in [0.3, 0.4) is 0 Å². The smallest absolute Gasteiger partial charge is 0.221 e. The first-order valence-corrected chi connectivity index (χ1v) is 9.03. The monoisotopic (exact) mass is 484 g/mol. The number of aryl methyl sites for hydroxylation is 1.